The maximum atomic E-state index is 13.4. The number of hydrogen-bond donors (Lipinski definition) is 1. The highest BCUT2D eigenvalue weighted by molar-refractivity contribution is 7.92. The Morgan fingerprint density at radius 3 is 2.38 bits per heavy atom. The van der Waals surface area contributed by atoms with E-state index < -0.39 is 34.3 Å². The van der Waals surface area contributed by atoms with Crippen LogP contribution in [0.1, 0.15) is 25.8 Å². The van der Waals surface area contributed by atoms with Gasteiger partial charge < -0.3 is 15.0 Å². The lowest BCUT2D eigenvalue weighted by Crippen LogP contribution is -2.51. The smallest absolute Gasteiger partial charge is 0.244 e. The van der Waals surface area contributed by atoms with E-state index in [0.29, 0.717) is 18.5 Å². The van der Waals surface area contributed by atoms with Crippen molar-refractivity contribution >= 4 is 39.1 Å². The zero-order valence-corrected chi connectivity index (χ0v) is 21.1. The monoisotopic (exact) mass is 513 g/mol. The minimum Gasteiger partial charge on any atom is -0.495 e. The number of hydrogen-bond acceptors (Lipinski definition) is 5. The topological polar surface area (TPSA) is 96.0 Å². The highest BCUT2D eigenvalue weighted by Crippen LogP contribution is 2.33. The molecule has 0 saturated carbocycles. The number of sulfonamides is 1. The van der Waals surface area contributed by atoms with E-state index in [1.54, 1.807) is 6.92 Å². The molecule has 2 aromatic carbocycles. The van der Waals surface area contributed by atoms with Crippen LogP contribution in [0.4, 0.5) is 10.1 Å². The molecule has 2 aromatic rings. The molecular formula is C23H29ClFN3O5S. The van der Waals surface area contributed by atoms with E-state index in [4.69, 9.17) is 16.3 Å². The summed E-state index contributed by atoms with van der Waals surface area (Å²) in [5.41, 5.74) is 0.673. The van der Waals surface area contributed by atoms with Crippen LogP contribution in [-0.4, -0.2) is 57.6 Å². The second-order valence-corrected chi connectivity index (χ2v) is 10.0. The number of ether oxygens (including phenoxy) is 1. The van der Waals surface area contributed by atoms with Crippen LogP contribution in [0.3, 0.4) is 0 Å². The average Bonchev–Trinajstić information content (AvgIpc) is 2.79. The van der Waals surface area contributed by atoms with E-state index in [1.807, 2.05) is 6.92 Å². The molecule has 8 nitrogen and oxygen atoms in total. The lowest BCUT2D eigenvalue weighted by atomic mass is 10.1. The summed E-state index contributed by atoms with van der Waals surface area (Å²) in [5, 5.41) is 3.00. The molecular weight excluding hydrogens is 485 g/mol. The number of benzene rings is 2. The molecule has 0 fully saturated rings. The molecule has 0 aromatic heterocycles. The van der Waals surface area contributed by atoms with Gasteiger partial charge in [0.2, 0.25) is 21.8 Å². The molecule has 0 bridgehead atoms. The summed E-state index contributed by atoms with van der Waals surface area (Å²) < 4.78 is 44.8. The molecule has 0 heterocycles. The Morgan fingerprint density at radius 2 is 1.82 bits per heavy atom. The zero-order chi connectivity index (χ0) is 25.5. The predicted octanol–water partition coefficient (Wildman–Crippen LogP) is 3.20. The van der Waals surface area contributed by atoms with Crippen LogP contribution in [-0.2, 0) is 26.2 Å². The number of nitrogens with zero attached hydrogens (tertiary/aromatic N) is 2. The molecule has 2 amide bonds. The Kier molecular flexibility index (Phi) is 9.69. The van der Waals surface area contributed by atoms with Crippen LogP contribution < -0.4 is 14.4 Å². The molecule has 34 heavy (non-hydrogen) atoms. The first-order valence-electron chi connectivity index (χ1n) is 10.6. The van der Waals surface area contributed by atoms with Gasteiger partial charge in [0.1, 0.15) is 24.2 Å². The summed E-state index contributed by atoms with van der Waals surface area (Å²) in [7, 11) is -2.57. The van der Waals surface area contributed by atoms with Crippen LogP contribution in [0.25, 0.3) is 0 Å². The standard InChI is InChI=1S/C23H29ClFN3O5S/c1-5-12-26-23(30)16(2)27(14-17-6-9-19(25)10-7-17)22(29)15-28(34(4,31)32)20-13-18(24)8-11-21(20)33-3/h6-11,13,16H,5,12,14-15H2,1-4H3,(H,26,30)/t16-/m1/s1. The van der Waals surface area contributed by atoms with Gasteiger partial charge in [-0.1, -0.05) is 30.7 Å². The van der Waals surface area contributed by atoms with Crippen molar-refractivity contribution in [2.24, 2.45) is 0 Å². The highest BCUT2D eigenvalue weighted by atomic mass is 35.5. The first kappa shape index (κ1) is 27.4. The summed E-state index contributed by atoms with van der Waals surface area (Å²) in [6.07, 6.45) is 1.67. The number of methoxy groups -OCH3 is 1. The SMILES string of the molecule is CCCNC(=O)[C@@H](C)N(Cc1ccc(F)cc1)C(=O)CN(c1cc(Cl)ccc1OC)S(C)(=O)=O. The molecule has 11 heteroatoms. The van der Waals surface area contributed by atoms with Crippen molar-refractivity contribution in [1.29, 1.82) is 0 Å². The second-order valence-electron chi connectivity index (χ2n) is 7.70. The largest absolute Gasteiger partial charge is 0.495 e. The third kappa shape index (κ3) is 7.33. The maximum Gasteiger partial charge on any atom is 0.244 e. The van der Waals surface area contributed by atoms with Crippen molar-refractivity contribution in [1.82, 2.24) is 10.2 Å². The van der Waals surface area contributed by atoms with Crippen molar-refractivity contribution in [3.8, 4) is 5.75 Å². The fraction of sp³-hybridized carbons (Fsp3) is 0.391. The normalized spacial score (nSPS) is 12.1. The van der Waals surface area contributed by atoms with E-state index in [2.05, 4.69) is 5.32 Å². The van der Waals surface area contributed by atoms with Gasteiger partial charge >= 0.3 is 0 Å². The Hall–Kier alpha value is -2.85. The number of carbonyl (C=O) groups is 2. The molecule has 0 aliphatic heterocycles. The minimum absolute atomic E-state index is 0.0237. The molecule has 0 aliphatic rings. The van der Waals surface area contributed by atoms with Crippen molar-refractivity contribution in [2.45, 2.75) is 32.9 Å². The lowest BCUT2D eigenvalue weighted by molar-refractivity contribution is -0.139. The summed E-state index contributed by atoms with van der Waals surface area (Å²) in [6, 6.07) is 9.01. The fourth-order valence-electron chi connectivity index (χ4n) is 3.22. The van der Waals surface area contributed by atoms with Crippen LogP contribution in [0.2, 0.25) is 5.02 Å². The van der Waals surface area contributed by atoms with Gasteiger partial charge in [-0.2, -0.15) is 0 Å². The van der Waals surface area contributed by atoms with Gasteiger partial charge in [0.05, 0.1) is 19.1 Å². The Labute approximate surface area is 204 Å². The first-order chi connectivity index (χ1) is 16.0. The van der Waals surface area contributed by atoms with E-state index >= 15 is 0 Å². The van der Waals surface area contributed by atoms with Crippen molar-refractivity contribution in [3.05, 3.63) is 58.9 Å². The Balaban J connectivity index is 2.43. The van der Waals surface area contributed by atoms with Crippen LogP contribution in [0.15, 0.2) is 42.5 Å². The van der Waals surface area contributed by atoms with Crippen molar-refractivity contribution in [2.75, 3.05) is 30.8 Å². The van der Waals surface area contributed by atoms with Crippen molar-refractivity contribution < 1.29 is 27.1 Å². The van der Waals surface area contributed by atoms with Crippen LogP contribution in [0, 0.1) is 5.82 Å². The lowest BCUT2D eigenvalue weighted by Gasteiger charge is -2.31. The van der Waals surface area contributed by atoms with Gasteiger partial charge in [-0.3, -0.25) is 13.9 Å². The molecule has 2 rings (SSSR count). The third-order valence-corrected chi connectivity index (χ3v) is 6.43. The Morgan fingerprint density at radius 1 is 1.18 bits per heavy atom. The van der Waals surface area contributed by atoms with Gasteiger partial charge in [0, 0.05) is 18.1 Å². The number of amides is 2. The maximum absolute atomic E-state index is 13.4. The molecule has 0 radical (unpaired) electrons. The minimum atomic E-state index is -3.94. The van der Waals surface area contributed by atoms with E-state index in [9.17, 15) is 22.4 Å². The van der Waals surface area contributed by atoms with E-state index in [0.717, 1.165) is 10.6 Å². The molecule has 0 spiro atoms. The summed E-state index contributed by atoms with van der Waals surface area (Å²) in [4.78, 5) is 27.4. The predicted molar refractivity (Wildman–Crippen MR) is 130 cm³/mol. The molecule has 0 saturated heterocycles. The average molecular weight is 514 g/mol. The van der Waals surface area contributed by atoms with Gasteiger partial charge in [-0.25, -0.2) is 12.8 Å². The number of carbonyl (C=O) groups excluding carboxylic acids is 2. The van der Waals surface area contributed by atoms with Gasteiger partial charge in [0.15, 0.2) is 0 Å². The number of rotatable bonds is 11. The number of anilines is 1. The zero-order valence-electron chi connectivity index (χ0n) is 19.5. The quantitative estimate of drug-likeness (QED) is 0.498. The Bertz CT molecular complexity index is 1110. The van der Waals surface area contributed by atoms with Crippen molar-refractivity contribution in [3.63, 3.8) is 0 Å². The van der Waals surface area contributed by atoms with Crippen LogP contribution >= 0.6 is 11.6 Å². The molecule has 186 valence electrons. The summed E-state index contributed by atoms with van der Waals surface area (Å²) >= 11 is 6.07. The second kappa shape index (κ2) is 12.0. The number of nitrogens with one attached hydrogen (secondary N) is 1. The van der Waals surface area contributed by atoms with E-state index in [-0.39, 0.29) is 28.9 Å². The highest BCUT2D eigenvalue weighted by Gasteiger charge is 2.31. The first-order valence-corrected chi connectivity index (χ1v) is 12.8. The summed E-state index contributed by atoms with van der Waals surface area (Å²) in [6.45, 7) is 3.26. The van der Waals surface area contributed by atoms with Crippen LogP contribution in [0.5, 0.6) is 5.75 Å². The molecule has 1 atom stereocenters. The van der Waals surface area contributed by atoms with E-state index in [1.165, 1.54) is 54.5 Å². The molecule has 0 unspecified atom stereocenters. The third-order valence-electron chi connectivity index (χ3n) is 5.07. The molecule has 1 N–H and O–H groups in total. The van der Waals surface area contributed by atoms with Gasteiger partial charge in [-0.05, 0) is 49.2 Å². The van der Waals surface area contributed by atoms with Gasteiger partial charge in [-0.15, -0.1) is 0 Å². The van der Waals surface area contributed by atoms with Gasteiger partial charge in [0.25, 0.3) is 0 Å². The fourth-order valence-corrected chi connectivity index (χ4v) is 4.23. The number of halogens is 2. The summed E-state index contributed by atoms with van der Waals surface area (Å²) in [5.74, 6) is -1.24. The molecule has 0 aliphatic carbocycles.